The zero-order valence-electron chi connectivity index (χ0n) is 13.7. The highest BCUT2D eigenvalue weighted by atomic mass is 32.1. The Bertz CT molecular complexity index is 1450. The fourth-order valence-corrected chi connectivity index (χ4v) is 6.49. The minimum atomic E-state index is 1.33. The van der Waals surface area contributed by atoms with Gasteiger partial charge in [0, 0.05) is 51.1 Å². The summed E-state index contributed by atoms with van der Waals surface area (Å²) in [5.41, 5.74) is 1.33. The summed E-state index contributed by atoms with van der Waals surface area (Å²) in [6, 6.07) is 24.8. The molecule has 0 fully saturated rings. The molecule has 0 aliphatic heterocycles. The van der Waals surface area contributed by atoms with E-state index in [9.17, 15) is 0 Å². The second-order valence-electron chi connectivity index (χ2n) is 6.68. The standard InChI is InChI=1S/C23H14S2/c1-13-6-7-15-17-9-11-18-19(23(17)25-21(15)12-13)10-8-16-14-4-2-3-5-20(14)24-22(16)18/h2-12H,1H3. The van der Waals surface area contributed by atoms with Crippen LogP contribution in [0.25, 0.3) is 51.1 Å². The maximum absolute atomic E-state index is 2.32. The number of hydrogen-bond donors (Lipinski definition) is 0. The number of hydrogen-bond acceptors (Lipinski definition) is 2. The van der Waals surface area contributed by atoms with Crippen LogP contribution in [0.5, 0.6) is 0 Å². The average molecular weight is 354 g/mol. The Kier molecular flexibility index (Phi) is 2.66. The summed E-state index contributed by atoms with van der Waals surface area (Å²) >= 11 is 3.84. The van der Waals surface area contributed by atoms with Crippen LogP contribution >= 0.6 is 22.7 Å². The van der Waals surface area contributed by atoms with E-state index in [1.165, 1.54) is 56.7 Å². The fourth-order valence-electron chi connectivity index (χ4n) is 3.93. The van der Waals surface area contributed by atoms with Crippen molar-refractivity contribution in [2.75, 3.05) is 0 Å². The lowest BCUT2D eigenvalue weighted by Crippen LogP contribution is -1.74. The van der Waals surface area contributed by atoms with Crippen LogP contribution in [0, 0.1) is 6.92 Å². The lowest BCUT2D eigenvalue weighted by Gasteiger charge is -2.02. The molecular weight excluding hydrogens is 340 g/mol. The van der Waals surface area contributed by atoms with Gasteiger partial charge in [-0.05, 0) is 24.6 Å². The normalized spacial score (nSPS) is 12.2. The third kappa shape index (κ3) is 1.81. The number of benzene rings is 4. The smallest absolute Gasteiger partial charge is 0.0434 e. The maximum atomic E-state index is 2.32. The Hall–Kier alpha value is -2.42. The molecule has 0 aliphatic rings. The van der Waals surface area contributed by atoms with Crippen LogP contribution in [0.1, 0.15) is 5.56 Å². The number of rotatable bonds is 0. The average Bonchev–Trinajstić information content (AvgIpc) is 3.19. The van der Waals surface area contributed by atoms with Crippen LogP contribution in [0.3, 0.4) is 0 Å². The van der Waals surface area contributed by atoms with Gasteiger partial charge in [-0.25, -0.2) is 0 Å². The Morgan fingerprint density at radius 1 is 0.520 bits per heavy atom. The molecule has 0 spiro atoms. The Morgan fingerprint density at radius 3 is 1.76 bits per heavy atom. The van der Waals surface area contributed by atoms with Gasteiger partial charge in [0.25, 0.3) is 0 Å². The van der Waals surface area contributed by atoms with Crippen molar-refractivity contribution in [3.8, 4) is 0 Å². The molecule has 0 aliphatic carbocycles. The van der Waals surface area contributed by atoms with Crippen LogP contribution in [-0.4, -0.2) is 0 Å². The zero-order chi connectivity index (χ0) is 16.5. The Labute approximate surface area is 152 Å². The van der Waals surface area contributed by atoms with Crippen LogP contribution in [0.2, 0.25) is 0 Å². The highest BCUT2D eigenvalue weighted by Gasteiger charge is 2.12. The van der Waals surface area contributed by atoms with Crippen LogP contribution in [0.4, 0.5) is 0 Å². The fraction of sp³-hybridized carbons (Fsp3) is 0.0435. The summed E-state index contributed by atoms with van der Waals surface area (Å²) in [7, 11) is 0. The molecule has 0 amide bonds. The minimum absolute atomic E-state index is 1.33. The monoisotopic (exact) mass is 354 g/mol. The van der Waals surface area contributed by atoms with Gasteiger partial charge in [-0.15, -0.1) is 22.7 Å². The molecule has 4 aromatic carbocycles. The third-order valence-corrected chi connectivity index (χ3v) is 7.55. The first-order valence-corrected chi connectivity index (χ1v) is 10.1. The quantitative estimate of drug-likeness (QED) is 0.260. The number of aryl methyl sites for hydroxylation is 1. The first-order chi connectivity index (χ1) is 12.3. The molecule has 0 nitrogen and oxygen atoms in total. The lowest BCUT2D eigenvalue weighted by atomic mass is 10.0. The highest BCUT2D eigenvalue weighted by molar-refractivity contribution is 7.28. The molecule has 118 valence electrons. The Morgan fingerprint density at radius 2 is 1.04 bits per heavy atom. The molecule has 0 bridgehead atoms. The van der Waals surface area contributed by atoms with E-state index in [2.05, 4.69) is 73.7 Å². The highest BCUT2D eigenvalue weighted by Crippen LogP contribution is 2.43. The maximum Gasteiger partial charge on any atom is 0.0434 e. The van der Waals surface area contributed by atoms with Gasteiger partial charge in [0.1, 0.15) is 0 Å². The topological polar surface area (TPSA) is 0 Å². The molecule has 2 heteroatoms. The van der Waals surface area contributed by atoms with Crippen LogP contribution < -0.4 is 0 Å². The first kappa shape index (κ1) is 13.8. The van der Waals surface area contributed by atoms with E-state index < -0.39 is 0 Å². The van der Waals surface area contributed by atoms with Crippen molar-refractivity contribution in [2.24, 2.45) is 0 Å². The lowest BCUT2D eigenvalue weighted by molar-refractivity contribution is 1.52. The summed E-state index contributed by atoms with van der Waals surface area (Å²) in [4.78, 5) is 0. The van der Waals surface area contributed by atoms with Gasteiger partial charge < -0.3 is 0 Å². The largest absolute Gasteiger partial charge is 0.135 e. The minimum Gasteiger partial charge on any atom is -0.135 e. The molecule has 0 saturated heterocycles. The zero-order valence-corrected chi connectivity index (χ0v) is 15.3. The van der Waals surface area contributed by atoms with E-state index in [0.717, 1.165) is 0 Å². The van der Waals surface area contributed by atoms with Gasteiger partial charge in [0.05, 0.1) is 0 Å². The van der Waals surface area contributed by atoms with Crippen LogP contribution in [0.15, 0.2) is 66.7 Å². The van der Waals surface area contributed by atoms with Crippen molar-refractivity contribution in [3.05, 3.63) is 72.3 Å². The van der Waals surface area contributed by atoms with Crippen molar-refractivity contribution >= 4 is 73.8 Å². The summed E-state index contributed by atoms with van der Waals surface area (Å²) in [6.45, 7) is 2.17. The molecule has 6 aromatic rings. The second-order valence-corrected chi connectivity index (χ2v) is 8.78. The molecule has 6 rings (SSSR count). The van der Waals surface area contributed by atoms with Crippen molar-refractivity contribution in [2.45, 2.75) is 6.92 Å². The summed E-state index contributed by atoms with van der Waals surface area (Å²) in [6.07, 6.45) is 0. The van der Waals surface area contributed by atoms with Crippen molar-refractivity contribution in [1.82, 2.24) is 0 Å². The molecule has 0 atom stereocenters. The SMILES string of the molecule is Cc1ccc2c(c1)sc1c2ccc2c1ccc1c3ccccc3sc12. The predicted molar refractivity (Wildman–Crippen MR) is 114 cm³/mol. The molecule has 2 aromatic heterocycles. The third-order valence-electron chi connectivity index (χ3n) is 5.13. The van der Waals surface area contributed by atoms with E-state index in [-0.39, 0.29) is 0 Å². The number of fused-ring (bicyclic) bond motifs is 9. The Balaban J connectivity index is 1.83. The molecular formula is C23H14S2. The second kappa shape index (κ2) is 4.81. The van der Waals surface area contributed by atoms with Crippen molar-refractivity contribution in [3.63, 3.8) is 0 Å². The molecule has 0 radical (unpaired) electrons. The summed E-state index contributed by atoms with van der Waals surface area (Å²) in [5.74, 6) is 0. The van der Waals surface area contributed by atoms with Crippen LogP contribution in [-0.2, 0) is 0 Å². The first-order valence-electron chi connectivity index (χ1n) is 8.45. The molecule has 0 unspecified atom stereocenters. The van der Waals surface area contributed by atoms with Crippen molar-refractivity contribution < 1.29 is 0 Å². The van der Waals surface area contributed by atoms with Gasteiger partial charge in [0.2, 0.25) is 0 Å². The molecule has 2 heterocycles. The van der Waals surface area contributed by atoms with E-state index in [1.54, 1.807) is 0 Å². The predicted octanol–water partition coefficient (Wildman–Crippen LogP) is 7.88. The molecule has 25 heavy (non-hydrogen) atoms. The molecule has 0 N–H and O–H groups in total. The van der Waals surface area contributed by atoms with E-state index in [4.69, 9.17) is 0 Å². The number of thiophene rings is 2. The van der Waals surface area contributed by atoms with Gasteiger partial charge in [-0.2, -0.15) is 0 Å². The van der Waals surface area contributed by atoms with Gasteiger partial charge >= 0.3 is 0 Å². The van der Waals surface area contributed by atoms with Gasteiger partial charge in [-0.3, -0.25) is 0 Å². The molecule has 0 saturated carbocycles. The van der Waals surface area contributed by atoms with Gasteiger partial charge in [0.15, 0.2) is 0 Å². The van der Waals surface area contributed by atoms with E-state index in [0.29, 0.717) is 0 Å². The summed E-state index contributed by atoms with van der Waals surface area (Å²) in [5, 5.41) is 8.28. The van der Waals surface area contributed by atoms with E-state index in [1.807, 2.05) is 22.7 Å². The van der Waals surface area contributed by atoms with Crippen molar-refractivity contribution in [1.29, 1.82) is 0 Å². The van der Waals surface area contributed by atoms with Gasteiger partial charge in [-0.1, -0.05) is 54.6 Å². The van der Waals surface area contributed by atoms with E-state index >= 15 is 0 Å². The summed E-state index contributed by atoms with van der Waals surface area (Å²) < 4.78 is 5.59.